The number of benzene rings is 2. The van der Waals surface area contributed by atoms with Gasteiger partial charge in [-0.05, 0) is 35.9 Å². The summed E-state index contributed by atoms with van der Waals surface area (Å²) in [5.74, 6) is -0.302. The summed E-state index contributed by atoms with van der Waals surface area (Å²) in [6.07, 6.45) is -1.78. The van der Waals surface area contributed by atoms with E-state index in [1.54, 1.807) is 24.3 Å². The summed E-state index contributed by atoms with van der Waals surface area (Å²) in [7, 11) is -3.79. The molecule has 11 heteroatoms. The van der Waals surface area contributed by atoms with Crippen LogP contribution < -0.4 is 0 Å². The molecular formula is C22H15ClF3N3O2S2. The molecule has 4 rings (SSSR count). The minimum Gasteiger partial charge on any atom is -0.235 e. The van der Waals surface area contributed by atoms with Gasteiger partial charge in [0.25, 0.3) is 0 Å². The number of nitrogens with zero attached hydrogens (tertiary/aromatic N) is 3. The number of aromatic nitrogens is 3. The largest absolute Gasteiger partial charge is 0.416 e. The molecule has 5 nitrogen and oxygen atoms in total. The summed E-state index contributed by atoms with van der Waals surface area (Å²) < 4.78 is 66.4. The van der Waals surface area contributed by atoms with Crippen LogP contribution in [0.5, 0.6) is 0 Å². The van der Waals surface area contributed by atoms with E-state index in [4.69, 9.17) is 23.8 Å². The molecule has 0 spiro atoms. The van der Waals surface area contributed by atoms with Crippen LogP contribution in [0.2, 0.25) is 5.02 Å². The standard InChI is InChI=1S/C22H15ClF3N3O2S2/c1-2-33(30,31)19-9-15(13-4-7-17(23)8-5-13)11-27-20(19)29-21(32)18-10-16(22(24,25)26)6-3-14(18)12-28-29/h3-12H,2H2,1H3. The Morgan fingerprint density at radius 1 is 1.03 bits per heavy atom. The van der Waals surface area contributed by atoms with Gasteiger partial charge < -0.3 is 0 Å². The SMILES string of the molecule is CCS(=O)(=O)c1cc(-c2ccc(Cl)cc2)cnc1-n1ncc2ccc(C(F)(F)F)cc2c1=S. The highest BCUT2D eigenvalue weighted by molar-refractivity contribution is 7.91. The molecule has 0 bridgehead atoms. The van der Waals surface area contributed by atoms with Gasteiger partial charge in [-0.3, -0.25) is 0 Å². The van der Waals surface area contributed by atoms with Crippen molar-refractivity contribution in [3.8, 4) is 16.9 Å². The maximum Gasteiger partial charge on any atom is 0.416 e. The molecule has 0 N–H and O–H groups in total. The van der Waals surface area contributed by atoms with E-state index < -0.39 is 21.6 Å². The second-order valence-corrected chi connectivity index (χ2v) is 10.2. The van der Waals surface area contributed by atoms with Crippen molar-refractivity contribution in [2.45, 2.75) is 18.0 Å². The van der Waals surface area contributed by atoms with Crippen molar-refractivity contribution < 1.29 is 21.6 Å². The molecule has 0 fully saturated rings. The summed E-state index contributed by atoms with van der Waals surface area (Å²) in [5.41, 5.74) is 0.344. The third-order valence-corrected chi connectivity index (χ3v) is 7.42. The number of hydrogen-bond donors (Lipinski definition) is 0. The Balaban J connectivity index is 1.97. The summed E-state index contributed by atoms with van der Waals surface area (Å²) in [6, 6.07) is 11.4. The van der Waals surface area contributed by atoms with Crippen LogP contribution in [-0.2, 0) is 16.0 Å². The predicted octanol–water partition coefficient (Wildman–Crippen LogP) is 6.28. The lowest BCUT2D eigenvalue weighted by molar-refractivity contribution is -0.137. The molecule has 0 aliphatic rings. The van der Waals surface area contributed by atoms with Crippen molar-refractivity contribution in [2.75, 3.05) is 5.75 Å². The van der Waals surface area contributed by atoms with Crippen LogP contribution >= 0.6 is 23.8 Å². The number of hydrogen-bond acceptors (Lipinski definition) is 5. The van der Waals surface area contributed by atoms with Crippen LogP contribution in [0.4, 0.5) is 13.2 Å². The van der Waals surface area contributed by atoms with Crippen molar-refractivity contribution in [3.05, 3.63) is 76.2 Å². The van der Waals surface area contributed by atoms with Gasteiger partial charge >= 0.3 is 6.18 Å². The zero-order valence-electron chi connectivity index (χ0n) is 17.0. The number of fused-ring (bicyclic) bond motifs is 1. The Morgan fingerprint density at radius 2 is 1.73 bits per heavy atom. The summed E-state index contributed by atoms with van der Waals surface area (Å²) in [4.78, 5) is 4.17. The minimum atomic E-state index is -4.56. The first-order valence-electron chi connectivity index (χ1n) is 9.59. The van der Waals surface area contributed by atoms with Crippen molar-refractivity contribution >= 4 is 44.4 Å². The van der Waals surface area contributed by atoms with Gasteiger partial charge in [-0.2, -0.15) is 18.3 Å². The molecule has 0 atom stereocenters. The van der Waals surface area contributed by atoms with Crippen LogP contribution in [0.25, 0.3) is 27.7 Å². The van der Waals surface area contributed by atoms with E-state index in [0.717, 1.165) is 16.8 Å². The maximum absolute atomic E-state index is 13.2. The fraction of sp³-hybridized carbons (Fsp3) is 0.136. The van der Waals surface area contributed by atoms with Crippen LogP contribution in [0, 0.1) is 4.64 Å². The molecule has 0 saturated heterocycles. The Morgan fingerprint density at radius 3 is 2.36 bits per heavy atom. The number of pyridine rings is 1. The maximum atomic E-state index is 13.2. The Hall–Kier alpha value is -2.82. The molecule has 2 heterocycles. The summed E-state index contributed by atoms with van der Waals surface area (Å²) in [6.45, 7) is 1.48. The third kappa shape index (κ3) is 4.50. The van der Waals surface area contributed by atoms with E-state index in [1.807, 2.05) is 0 Å². The van der Waals surface area contributed by atoms with Crippen molar-refractivity contribution in [2.24, 2.45) is 0 Å². The van der Waals surface area contributed by atoms with E-state index in [-0.39, 0.29) is 26.5 Å². The number of sulfone groups is 1. The van der Waals surface area contributed by atoms with Crippen LogP contribution in [0.3, 0.4) is 0 Å². The van der Waals surface area contributed by atoms with Crippen molar-refractivity contribution in [1.82, 2.24) is 14.8 Å². The third-order valence-electron chi connectivity index (χ3n) is 5.04. The fourth-order valence-electron chi connectivity index (χ4n) is 3.25. The van der Waals surface area contributed by atoms with Gasteiger partial charge in [-0.15, -0.1) is 0 Å². The number of halogens is 4. The quantitative estimate of drug-likeness (QED) is 0.303. The van der Waals surface area contributed by atoms with E-state index in [0.29, 0.717) is 21.5 Å². The monoisotopic (exact) mass is 509 g/mol. The molecule has 33 heavy (non-hydrogen) atoms. The topological polar surface area (TPSA) is 64.8 Å². The number of alkyl halides is 3. The average molecular weight is 510 g/mol. The van der Waals surface area contributed by atoms with Gasteiger partial charge in [-0.25, -0.2) is 18.1 Å². The van der Waals surface area contributed by atoms with Gasteiger partial charge in [0.2, 0.25) is 0 Å². The van der Waals surface area contributed by atoms with Crippen LogP contribution in [0.1, 0.15) is 12.5 Å². The molecule has 2 aromatic carbocycles. The summed E-state index contributed by atoms with van der Waals surface area (Å²) in [5, 5.41) is 5.20. The average Bonchev–Trinajstić information content (AvgIpc) is 2.79. The highest BCUT2D eigenvalue weighted by atomic mass is 35.5. The molecular weight excluding hydrogens is 495 g/mol. The first-order chi connectivity index (χ1) is 15.5. The Kier molecular flexibility index (Phi) is 6.02. The van der Waals surface area contributed by atoms with Crippen molar-refractivity contribution in [3.63, 3.8) is 0 Å². The zero-order chi connectivity index (χ0) is 24.0. The highest BCUT2D eigenvalue weighted by Gasteiger charge is 2.31. The smallest absolute Gasteiger partial charge is 0.235 e. The Labute approximate surface area is 197 Å². The minimum absolute atomic E-state index is 0.0844. The van der Waals surface area contributed by atoms with E-state index in [9.17, 15) is 21.6 Å². The van der Waals surface area contributed by atoms with E-state index >= 15 is 0 Å². The molecule has 0 aliphatic heterocycles. The second kappa shape index (κ2) is 8.51. The van der Waals surface area contributed by atoms with E-state index in [1.165, 1.54) is 31.5 Å². The molecule has 0 radical (unpaired) electrons. The van der Waals surface area contributed by atoms with Gasteiger partial charge in [0.15, 0.2) is 15.7 Å². The normalized spacial score (nSPS) is 12.3. The lowest BCUT2D eigenvalue weighted by Crippen LogP contribution is -2.14. The van der Waals surface area contributed by atoms with Crippen molar-refractivity contribution in [1.29, 1.82) is 0 Å². The van der Waals surface area contributed by atoms with Gasteiger partial charge in [-0.1, -0.05) is 48.9 Å². The van der Waals surface area contributed by atoms with Crippen LogP contribution in [-0.4, -0.2) is 28.9 Å². The van der Waals surface area contributed by atoms with E-state index in [2.05, 4.69) is 10.1 Å². The number of rotatable bonds is 4. The molecule has 2 aromatic heterocycles. The predicted molar refractivity (Wildman–Crippen MR) is 123 cm³/mol. The lowest BCUT2D eigenvalue weighted by atomic mass is 10.1. The molecule has 0 amide bonds. The highest BCUT2D eigenvalue weighted by Crippen LogP contribution is 2.32. The van der Waals surface area contributed by atoms with Gasteiger partial charge in [0.1, 0.15) is 9.54 Å². The Bertz CT molecular complexity index is 1530. The second-order valence-electron chi connectivity index (χ2n) is 7.12. The molecule has 0 aliphatic carbocycles. The molecule has 170 valence electrons. The van der Waals surface area contributed by atoms with Crippen LogP contribution in [0.15, 0.2) is 65.8 Å². The van der Waals surface area contributed by atoms with Gasteiger partial charge in [0.05, 0.1) is 17.5 Å². The molecule has 0 saturated carbocycles. The summed E-state index contributed by atoms with van der Waals surface area (Å²) >= 11 is 11.3. The molecule has 0 unspecified atom stereocenters. The first-order valence-corrected chi connectivity index (χ1v) is 12.0. The zero-order valence-corrected chi connectivity index (χ0v) is 19.4. The first kappa shape index (κ1) is 23.3. The fourth-order valence-corrected chi connectivity index (χ4v) is 4.72. The van der Waals surface area contributed by atoms with Gasteiger partial charge in [0, 0.05) is 27.6 Å². The lowest BCUT2D eigenvalue weighted by Gasteiger charge is -2.14. The molecule has 4 aromatic rings.